The largest absolute Gasteiger partial charge is 0.496 e. The molecule has 5 nitrogen and oxygen atoms in total. The van der Waals surface area contributed by atoms with E-state index in [4.69, 9.17) is 32.7 Å². The molecule has 1 atom stereocenters. The first kappa shape index (κ1) is 27.3. The first-order valence-electron chi connectivity index (χ1n) is 12.5. The normalized spacial score (nSPS) is 14.4. The second kappa shape index (κ2) is 11.0. The Kier molecular flexibility index (Phi) is 7.72. The molecule has 1 fully saturated rings. The Bertz CT molecular complexity index is 1540. The highest BCUT2D eigenvalue weighted by Crippen LogP contribution is 2.49. The van der Waals surface area contributed by atoms with Gasteiger partial charge in [-0.05, 0) is 61.6 Å². The Morgan fingerprint density at radius 2 is 1.67 bits per heavy atom. The van der Waals surface area contributed by atoms with Gasteiger partial charge in [0.25, 0.3) is 0 Å². The summed E-state index contributed by atoms with van der Waals surface area (Å²) in [6, 6.07) is 22.9. The number of amides is 1. The topological polar surface area (TPSA) is 64.6 Å². The summed E-state index contributed by atoms with van der Waals surface area (Å²) in [6.45, 7) is 3.44. The monoisotopic (exact) mass is 579 g/mol. The minimum atomic E-state index is -0.610. The van der Waals surface area contributed by atoms with Crippen molar-refractivity contribution < 1.29 is 19.1 Å². The number of carbonyl (C=O) groups is 2. The number of Topliss-reactive ketones (excluding diaryl/α,β-unsaturated/α-hetero) is 1. The molecule has 39 heavy (non-hydrogen) atoms. The van der Waals surface area contributed by atoms with E-state index in [2.05, 4.69) is 5.32 Å². The summed E-state index contributed by atoms with van der Waals surface area (Å²) in [6.07, 6.45) is 0.672. The summed E-state index contributed by atoms with van der Waals surface area (Å²) in [5.41, 5.74) is 4.77. The third-order valence-electron chi connectivity index (χ3n) is 7.20. The van der Waals surface area contributed by atoms with Crippen LogP contribution in [0.25, 0.3) is 21.6 Å². The highest BCUT2D eigenvalue weighted by atomic mass is 35.5. The van der Waals surface area contributed by atoms with Crippen LogP contribution in [0.1, 0.15) is 43.9 Å². The third-order valence-corrected chi connectivity index (χ3v) is 8.86. The lowest BCUT2D eigenvalue weighted by Gasteiger charge is -2.16. The zero-order chi connectivity index (χ0) is 27.7. The number of methoxy groups -OCH3 is 1. The first-order valence-corrected chi connectivity index (χ1v) is 14.1. The summed E-state index contributed by atoms with van der Waals surface area (Å²) in [7, 11) is 1.62. The lowest BCUT2D eigenvalue weighted by molar-refractivity contribution is -0.119. The SMILES string of the molecule is COc1cc(-c2sc(Cl)cc2NC(=O)O[C@H](C)c2ccccc2Cl)ccc1-c1ccc(C2(C(C)=O)CC2)cc1. The summed E-state index contributed by atoms with van der Waals surface area (Å²) < 4.78 is 11.8. The van der Waals surface area contributed by atoms with Gasteiger partial charge >= 0.3 is 6.09 Å². The highest BCUT2D eigenvalue weighted by Gasteiger charge is 2.48. The van der Waals surface area contributed by atoms with Gasteiger partial charge < -0.3 is 9.47 Å². The Labute approximate surface area is 241 Å². The molecule has 3 aromatic carbocycles. The summed E-state index contributed by atoms with van der Waals surface area (Å²) in [5.74, 6) is 0.900. The molecule has 0 radical (unpaired) electrons. The van der Waals surface area contributed by atoms with Gasteiger partial charge in [0.15, 0.2) is 0 Å². The van der Waals surface area contributed by atoms with Crippen molar-refractivity contribution in [3.8, 4) is 27.3 Å². The van der Waals surface area contributed by atoms with Crippen molar-refractivity contribution in [3.63, 3.8) is 0 Å². The number of benzene rings is 3. The lowest BCUT2D eigenvalue weighted by atomic mass is 9.90. The van der Waals surface area contributed by atoms with Crippen molar-refractivity contribution in [3.05, 3.63) is 93.3 Å². The van der Waals surface area contributed by atoms with Gasteiger partial charge in [-0.15, -0.1) is 11.3 Å². The maximum absolute atomic E-state index is 12.7. The fourth-order valence-electron chi connectivity index (χ4n) is 4.85. The van der Waals surface area contributed by atoms with Gasteiger partial charge in [-0.3, -0.25) is 10.1 Å². The average Bonchev–Trinajstić information content (AvgIpc) is 3.66. The quantitative estimate of drug-likeness (QED) is 0.226. The van der Waals surface area contributed by atoms with E-state index in [9.17, 15) is 9.59 Å². The van der Waals surface area contributed by atoms with E-state index in [0.717, 1.165) is 45.5 Å². The number of hydrogen-bond acceptors (Lipinski definition) is 5. The van der Waals surface area contributed by atoms with Gasteiger partial charge in [0, 0.05) is 16.1 Å². The van der Waals surface area contributed by atoms with E-state index >= 15 is 0 Å². The number of nitrogens with one attached hydrogen (secondary N) is 1. The van der Waals surface area contributed by atoms with Gasteiger partial charge in [-0.1, -0.05) is 77.8 Å². The molecule has 1 N–H and O–H groups in total. The van der Waals surface area contributed by atoms with Crippen molar-refractivity contribution in [1.29, 1.82) is 0 Å². The summed E-state index contributed by atoms with van der Waals surface area (Å²) in [4.78, 5) is 25.6. The van der Waals surface area contributed by atoms with E-state index in [1.54, 1.807) is 33.1 Å². The van der Waals surface area contributed by atoms with Crippen molar-refractivity contribution in [2.75, 3.05) is 12.4 Å². The maximum atomic E-state index is 12.7. The standard InChI is InChI=1S/C31H27Cl2NO4S/c1-18(23-6-4-5-7-25(23)32)38-30(36)34-26-17-28(33)39-29(26)21-10-13-24(27(16-21)37-3)20-8-11-22(12-9-20)31(14-15-31)19(2)35/h4-13,16-18H,14-15H2,1-3H3,(H,34,36)/t18-/m1/s1. The van der Waals surface area contributed by atoms with Crippen molar-refractivity contribution >= 4 is 52.1 Å². The number of ether oxygens (including phenoxy) is 2. The van der Waals surface area contributed by atoms with Crippen molar-refractivity contribution in [2.24, 2.45) is 0 Å². The van der Waals surface area contributed by atoms with Crippen LogP contribution in [-0.4, -0.2) is 19.0 Å². The van der Waals surface area contributed by atoms with Crippen molar-refractivity contribution in [1.82, 2.24) is 0 Å². The molecule has 1 heterocycles. The van der Waals surface area contributed by atoms with E-state index in [-0.39, 0.29) is 11.2 Å². The molecule has 8 heteroatoms. The number of rotatable bonds is 8. The molecule has 0 unspecified atom stereocenters. The van der Waals surface area contributed by atoms with Crippen LogP contribution in [-0.2, 0) is 14.9 Å². The highest BCUT2D eigenvalue weighted by molar-refractivity contribution is 7.20. The van der Waals surface area contributed by atoms with Crippen LogP contribution in [0.2, 0.25) is 9.36 Å². The smallest absolute Gasteiger partial charge is 0.412 e. The Balaban J connectivity index is 1.37. The zero-order valence-electron chi connectivity index (χ0n) is 21.7. The molecule has 1 aliphatic rings. The van der Waals surface area contributed by atoms with Crippen LogP contribution in [0.5, 0.6) is 5.75 Å². The number of halogens is 2. The molecule has 0 spiro atoms. The average molecular weight is 581 g/mol. The van der Waals surface area contributed by atoms with Gasteiger partial charge in [0.05, 0.1) is 27.4 Å². The predicted octanol–water partition coefficient (Wildman–Crippen LogP) is 9.33. The van der Waals surface area contributed by atoms with E-state index in [1.807, 2.05) is 60.7 Å². The number of thiophene rings is 1. The van der Waals surface area contributed by atoms with Gasteiger partial charge in [0.1, 0.15) is 17.6 Å². The molecule has 200 valence electrons. The molecule has 0 aliphatic heterocycles. The fourth-order valence-corrected chi connectivity index (χ4v) is 6.31. The van der Waals surface area contributed by atoms with Gasteiger partial charge in [-0.25, -0.2) is 4.79 Å². The lowest BCUT2D eigenvalue weighted by Crippen LogP contribution is -2.16. The molecular weight excluding hydrogens is 553 g/mol. The van der Waals surface area contributed by atoms with Gasteiger partial charge in [0.2, 0.25) is 0 Å². The molecular formula is C31H27Cl2NO4S. The van der Waals surface area contributed by atoms with Gasteiger partial charge in [-0.2, -0.15) is 0 Å². The fraction of sp³-hybridized carbons (Fsp3) is 0.226. The zero-order valence-corrected chi connectivity index (χ0v) is 24.0. The van der Waals surface area contributed by atoms with Crippen molar-refractivity contribution in [2.45, 2.75) is 38.2 Å². The predicted molar refractivity (Wildman–Crippen MR) is 158 cm³/mol. The second-order valence-corrected chi connectivity index (χ2v) is 11.7. The third kappa shape index (κ3) is 5.55. The van der Waals surface area contributed by atoms with Crippen LogP contribution in [0.4, 0.5) is 10.5 Å². The summed E-state index contributed by atoms with van der Waals surface area (Å²) >= 11 is 14.0. The molecule has 1 saturated carbocycles. The first-order chi connectivity index (χ1) is 18.7. The molecule has 1 amide bonds. The van der Waals surface area contributed by atoms with Crippen LogP contribution in [0, 0.1) is 0 Å². The maximum Gasteiger partial charge on any atom is 0.412 e. The van der Waals surface area contributed by atoms with Crippen LogP contribution in [0.15, 0.2) is 72.8 Å². The number of carbonyl (C=O) groups excluding carboxylic acids is 2. The second-order valence-electron chi connectivity index (χ2n) is 9.62. The molecule has 5 rings (SSSR count). The Morgan fingerprint density at radius 3 is 2.31 bits per heavy atom. The van der Waals surface area contributed by atoms with Crippen LogP contribution in [0.3, 0.4) is 0 Å². The van der Waals surface area contributed by atoms with E-state index in [1.165, 1.54) is 11.3 Å². The summed E-state index contributed by atoms with van der Waals surface area (Å²) in [5, 5.41) is 3.35. The molecule has 0 bridgehead atoms. The molecule has 4 aromatic rings. The van der Waals surface area contributed by atoms with E-state index in [0.29, 0.717) is 20.8 Å². The molecule has 0 saturated heterocycles. The number of hydrogen-bond donors (Lipinski definition) is 1. The Morgan fingerprint density at radius 1 is 0.974 bits per heavy atom. The number of anilines is 1. The van der Waals surface area contributed by atoms with E-state index < -0.39 is 12.2 Å². The van der Waals surface area contributed by atoms with Crippen LogP contribution < -0.4 is 10.1 Å². The van der Waals surface area contributed by atoms with Crippen LogP contribution >= 0.6 is 34.5 Å². The minimum absolute atomic E-state index is 0.221. The molecule has 1 aliphatic carbocycles. The minimum Gasteiger partial charge on any atom is -0.496 e. The Hall–Kier alpha value is -3.32. The molecule has 1 aromatic heterocycles. The number of ketones is 1.